The summed E-state index contributed by atoms with van der Waals surface area (Å²) in [6.07, 6.45) is 2.91. The highest BCUT2D eigenvalue weighted by Crippen LogP contribution is 2.30. The van der Waals surface area contributed by atoms with Gasteiger partial charge in [0.15, 0.2) is 13.8 Å². The molecule has 0 aliphatic carbocycles. The van der Waals surface area contributed by atoms with Crippen LogP contribution in [0.4, 0.5) is 5.82 Å². The van der Waals surface area contributed by atoms with Gasteiger partial charge in [0.1, 0.15) is 5.82 Å². The van der Waals surface area contributed by atoms with Crippen LogP contribution in [0.2, 0.25) is 10.0 Å². The summed E-state index contributed by atoms with van der Waals surface area (Å²) in [5, 5.41) is 0.998. The number of rotatable bonds is 7. The minimum atomic E-state index is 0.377. The van der Waals surface area contributed by atoms with E-state index in [1.807, 2.05) is 37.3 Å². The topological polar surface area (TPSA) is 96.1 Å². The molecule has 0 spiro atoms. The third-order valence-corrected chi connectivity index (χ3v) is 5.59. The third-order valence-electron chi connectivity index (χ3n) is 4.85. The Bertz CT molecular complexity index is 1290. The lowest BCUT2D eigenvalue weighted by atomic mass is 10.1. The van der Waals surface area contributed by atoms with Crippen LogP contribution in [0.1, 0.15) is 17.1 Å². The number of nitrogens with zero attached hydrogens (tertiary/aromatic N) is 5. The number of halogens is 2. The molecule has 4 aromatic rings. The molecule has 0 aliphatic heterocycles. The van der Waals surface area contributed by atoms with Crippen molar-refractivity contribution in [2.75, 3.05) is 0 Å². The normalized spacial score (nSPS) is 11.5. The third kappa shape index (κ3) is 5.60. The fourth-order valence-electron chi connectivity index (χ4n) is 3.37. The molecule has 164 valence electrons. The van der Waals surface area contributed by atoms with E-state index >= 15 is 0 Å². The van der Waals surface area contributed by atoms with E-state index in [1.54, 1.807) is 29.2 Å². The molecular formula is C23H20BCl2N7. The van der Waals surface area contributed by atoms with Gasteiger partial charge in [-0.1, -0.05) is 35.3 Å². The Morgan fingerprint density at radius 1 is 1.09 bits per heavy atom. The van der Waals surface area contributed by atoms with Gasteiger partial charge in [-0.15, -0.1) is 0 Å². The molecule has 3 N–H and O–H groups in total. The van der Waals surface area contributed by atoms with E-state index in [2.05, 4.69) is 19.9 Å². The van der Waals surface area contributed by atoms with Crippen molar-refractivity contribution in [1.82, 2.24) is 24.7 Å². The maximum atomic E-state index is 6.28. The van der Waals surface area contributed by atoms with Crippen LogP contribution in [0.3, 0.4) is 0 Å². The number of imidazole rings is 1. The van der Waals surface area contributed by atoms with Gasteiger partial charge in [-0.3, -0.25) is 4.98 Å². The predicted octanol–water partition coefficient (Wildman–Crippen LogP) is 4.85. The molecule has 1 aromatic carbocycles. The summed E-state index contributed by atoms with van der Waals surface area (Å²) in [5.41, 5.74) is 10.3. The van der Waals surface area contributed by atoms with Gasteiger partial charge >= 0.3 is 0 Å². The Morgan fingerprint density at radius 2 is 1.94 bits per heavy atom. The second kappa shape index (κ2) is 10.2. The first kappa shape index (κ1) is 23.0. The lowest BCUT2D eigenvalue weighted by molar-refractivity contribution is 0.432. The molecule has 0 amide bonds. The number of hydrogen-bond donors (Lipinski definition) is 2. The van der Waals surface area contributed by atoms with E-state index in [1.165, 1.54) is 6.34 Å². The molecule has 0 unspecified atom stereocenters. The number of H-pyrrole nitrogens is 1. The highest BCUT2D eigenvalue weighted by Gasteiger charge is 2.17. The smallest absolute Gasteiger partial charge is 0.183 e. The van der Waals surface area contributed by atoms with E-state index in [4.69, 9.17) is 41.9 Å². The molecule has 7 nitrogen and oxygen atoms in total. The first-order valence-corrected chi connectivity index (χ1v) is 10.9. The molecule has 0 saturated carbocycles. The summed E-state index contributed by atoms with van der Waals surface area (Å²) in [5.74, 6) is 1.21. The minimum Gasteiger partial charge on any atom is -0.390 e. The largest absolute Gasteiger partial charge is 0.390 e. The van der Waals surface area contributed by atoms with Crippen LogP contribution in [0.5, 0.6) is 0 Å². The van der Waals surface area contributed by atoms with E-state index < -0.39 is 0 Å². The Labute approximate surface area is 203 Å². The van der Waals surface area contributed by atoms with Crippen molar-refractivity contribution >= 4 is 43.3 Å². The number of pyridine rings is 2. The summed E-state index contributed by atoms with van der Waals surface area (Å²) < 4.78 is 0. The minimum absolute atomic E-state index is 0.377. The molecule has 0 atom stereocenters. The first-order valence-electron chi connectivity index (χ1n) is 10.1. The van der Waals surface area contributed by atoms with Gasteiger partial charge < -0.3 is 15.5 Å². The van der Waals surface area contributed by atoms with Gasteiger partial charge in [-0.2, -0.15) is 0 Å². The number of aliphatic imine (C=N–C) groups is 1. The Morgan fingerprint density at radius 3 is 2.64 bits per heavy atom. The van der Waals surface area contributed by atoms with Crippen molar-refractivity contribution in [3.8, 4) is 22.6 Å². The van der Waals surface area contributed by atoms with Crippen LogP contribution in [0.15, 0.2) is 59.7 Å². The molecular weight excluding hydrogens is 456 g/mol. The Hall–Kier alpha value is -3.20. The van der Waals surface area contributed by atoms with Gasteiger partial charge in [0.05, 0.1) is 33.5 Å². The van der Waals surface area contributed by atoms with Crippen LogP contribution < -0.4 is 5.73 Å². The van der Waals surface area contributed by atoms with Gasteiger partial charge in [0, 0.05) is 30.5 Å². The van der Waals surface area contributed by atoms with Crippen molar-refractivity contribution < 1.29 is 0 Å². The number of nitrogens with two attached hydrogens (primary N) is 1. The van der Waals surface area contributed by atoms with Crippen LogP contribution in [0.25, 0.3) is 22.6 Å². The van der Waals surface area contributed by atoms with Gasteiger partial charge in [-0.05, 0) is 48.9 Å². The van der Waals surface area contributed by atoms with E-state index in [0.29, 0.717) is 34.8 Å². The average Bonchev–Trinajstić information content (AvgIpc) is 3.20. The zero-order chi connectivity index (χ0) is 23.4. The van der Waals surface area contributed by atoms with Gasteiger partial charge in [0.25, 0.3) is 0 Å². The lowest BCUT2D eigenvalue weighted by Gasteiger charge is -2.16. The summed E-state index contributed by atoms with van der Waals surface area (Å²) in [4.78, 5) is 22.8. The molecule has 10 heteroatoms. The molecule has 3 heterocycles. The molecule has 4 rings (SSSR count). The molecule has 0 fully saturated rings. The Kier molecular flexibility index (Phi) is 7.08. The van der Waals surface area contributed by atoms with Crippen LogP contribution >= 0.6 is 23.2 Å². The molecule has 2 radical (unpaired) electrons. The van der Waals surface area contributed by atoms with Crippen LogP contribution in [0, 0.1) is 6.92 Å². The quantitative estimate of drug-likeness (QED) is 0.226. The molecule has 0 aliphatic rings. The maximum Gasteiger partial charge on any atom is 0.183 e. The second-order valence-electron chi connectivity index (χ2n) is 7.41. The highest BCUT2D eigenvalue weighted by atomic mass is 35.5. The predicted molar refractivity (Wildman–Crippen MR) is 134 cm³/mol. The fourth-order valence-corrected chi connectivity index (χ4v) is 3.69. The van der Waals surface area contributed by atoms with Crippen molar-refractivity contribution in [2.45, 2.75) is 20.0 Å². The molecule has 0 bridgehead atoms. The van der Waals surface area contributed by atoms with Crippen molar-refractivity contribution in [2.24, 2.45) is 10.7 Å². The van der Waals surface area contributed by atoms with Gasteiger partial charge in [0.2, 0.25) is 0 Å². The second-order valence-corrected chi connectivity index (χ2v) is 8.22. The number of benzene rings is 1. The number of aryl methyl sites for hydroxylation is 1. The van der Waals surface area contributed by atoms with Crippen molar-refractivity contribution in [3.63, 3.8) is 0 Å². The standard InChI is InChI=1S/C23H20BCl2N7/c1-14-3-2-4-19(30-14)23-22(16-6-8-20(28-10-16)29-13-27)31-21(32-23)12-33(24)11-15-5-7-17(25)18(26)9-15/h2-10,13H,11-12H2,1H3,(H,31,32)(H2,27,28,29). The number of aromatic amines is 1. The zero-order valence-corrected chi connectivity index (χ0v) is 19.3. The van der Waals surface area contributed by atoms with E-state index in [-0.39, 0.29) is 0 Å². The van der Waals surface area contributed by atoms with Crippen LogP contribution in [-0.4, -0.2) is 39.1 Å². The Balaban J connectivity index is 1.64. The summed E-state index contributed by atoms with van der Waals surface area (Å²) in [7, 11) is 6.28. The lowest BCUT2D eigenvalue weighted by Crippen LogP contribution is -2.19. The fraction of sp³-hybridized carbons (Fsp3) is 0.130. The monoisotopic (exact) mass is 475 g/mol. The van der Waals surface area contributed by atoms with Crippen molar-refractivity contribution in [3.05, 3.63) is 81.9 Å². The van der Waals surface area contributed by atoms with Crippen LogP contribution in [-0.2, 0) is 13.1 Å². The molecule has 0 saturated heterocycles. The van der Waals surface area contributed by atoms with E-state index in [9.17, 15) is 0 Å². The number of nitrogens with one attached hydrogen (secondary N) is 1. The summed E-state index contributed by atoms with van der Waals surface area (Å²) in [6.45, 7) is 2.79. The number of hydrogen-bond acceptors (Lipinski definition) is 5. The average molecular weight is 476 g/mol. The highest BCUT2D eigenvalue weighted by molar-refractivity contribution is 6.42. The van der Waals surface area contributed by atoms with Crippen molar-refractivity contribution in [1.29, 1.82) is 0 Å². The molecule has 3 aromatic heterocycles. The number of aromatic nitrogens is 4. The zero-order valence-electron chi connectivity index (χ0n) is 17.8. The van der Waals surface area contributed by atoms with Gasteiger partial charge in [-0.25, -0.2) is 15.0 Å². The SMILES string of the molecule is [B]N(Cc1ccc(Cl)c(Cl)c1)Cc1nc(-c2ccc(N=CN)nc2)c(-c2cccc(C)n2)[nH]1. The first-order chi connectivity index (χ1) is 15.9. The maximum absolute atomic E-state index is 6.28. The van der Waals surface area contributed by atoms with E-state index in [0.717, 1.165) is 33.9 Å². The summed E-state index contributed by atoms with van der Waals surface area (Å²) in [6, 6.07) is 15.0. The molecule has 33 heavy (non-hydrogen) atoms. The summed E-state index contributed by atoms with van der Waals surface area (Å²) >= 11 is 12.1.